The Bertz CT molecular complexity index is 1250. The van der Waals surface area contributed by atoms with Gasteiger partial charge < -0.3 is 18.6 Å². The van der Waals surface area contributed by atoms with E-state index in [1.165, 1.54) is 44.7 Å². The maximum atomic E-state index is 12.5. The van der Waals surface area contributed by atoms with Gasteiger partial charge in [0.15, 0.2) is 5.58 Å². The number of aromatic nitrogens is 1. The molecule has 7 heteroatoms. The van der Waals surface area contributed by atoms with Gasteiger partial charge in [-0.1, -0.05) is 70.1 Å². The number of ether oxygens (including phenoxy) is 3. The number of pyridine rings is 1. The van der Waals surface area contributed by atoms with Gasteiger partial charge in [0.1, 0.15) is 5.75 Å². The molecule has 0 saturated heterocycles. The summed E-state index contributed by atoms with van der Waals surface area (Å²) in [6.07, 6.45) is 13.0. The number of hydrogen-bond acceptors (Lipinski definition) is 7. The molecule has 0 saturated carbocycles. The summed E-state index contributed by atoms with van der Waals surface area (Å²) in [4.78, 5) is 28.1. The Labute approximate surface area is 224 Å². The summed E-state index contributed by atoms with van der Waals surface area (Å²) in [5, 5.41) is 0.764. The smallest absolute Gasteiger partial charge is 0.344 e. The van der Waals surface area contributed by atoms with Crippen LogP contribution < -0.4 is 15.1 Å². The van der Waals surface area contributed by atoms with Gasteiger partial charge in [0, 0.05) is 17.0 Å². The second-order valence-electron chi connectivity index (χ2n) is 9.54. The van der Waals surface area contributed by atoms with E-state index in [2.05, 4.69) is 11.6 Å². The van der Waals surface area contributed by atoms with Gasteiger partial charge in [-0.05, 0) is 43.5 Å². The van der Waals surface area contributed by atoms with E-state index in [-0.39, 0.29) is 5.97 Å². The first kappa shape index (κ1) is 29.0. The Morgan fingerprint density at radius 1 is 0.921 bits per heavy atom. The molecule has 0 N–H and O–H groups in total. The number of hydrogen-bond donors (Lipinski definition) is 0. The van der Waals surface area contributed by atoms with E-state index in [9.17, 15) is 9.59 Å². The van der Waals surface area contributed by atoms with Crippen molar-refractivity contribution in [3.8, 4) is 22.8 Å². The number of nitrogens with zero attached hydrogens (tertiary/aromatic N) is 1. The van der Waals surface area contributed by atoms with Crippen molar-refractivity contribution >= 4 is 16.9 Å². The van der Waals surface area contributed by atoms with Crippen molar-refractivity contribution in [3.05, 3.63) is 65.2 Å². The van der Waals surface area contributed by atoms with E-state index in [1.54, 1.807) is 14.0 Å². The Balaban J connectivity index is 1.30. The van der Waals surface area contributed by atoms with E-state index < -0.39 is 5.63 Å². The topological polar surface area (TPSA) is 87.9 Å². The third-order valence-electron chi connectivity index (χ3n) is 6.35. The van der Waals surface area contributed by atoms with Crippen LogP contribution in [0, 0.1) is 0 Å². The van der Waals surface area contributed by atoms with E-state index in [0.29, 0.717) is 41.6 Å². The minimum absolute atomic E-state index is 0.294. The molecule has 0 radical (unpaired) electrons. The molecule has 3 rings (SSSR count). The highest BCUT2D eigenvalue weighted by Gasteiger charge is 2.10. The highest BCUT2D eigenvalue weighted by molar-refractivity contribution is 5.86. The zero-order chi connectivity index (χ0) is 27.2. The second kappa shape index (κ2) is 15.6. The SMILES string of the molecule is C=C(C)C(=O)OCCCCCCCCCCCCOc1cc2cc(-c3cccc(OC)c3)c(=O)oc2cn1. The standard InChI is InChI=1S/C31H39NO6/c1-23(2)30(33)37-18-13-11-9-7-5-4-6-8-10-12-17-36-29-21-25-20-27(31(34)38-28(25)22-32-29)24-15-14-16-26(19-24)35-3/h14-16,19-22H,1,4-13,17-18H2,2-3H3. The van der Waals surface area contributed by atoms with Crippen molar-refractivity contribution in [2.24, 2.45) is 0 Å². The quantitative estimate of drug-likeness (QED) is 0.105. The number of benzene rings is 1. The first-order chi connectivity index (χ1) is 18.5. The average Bonchev–Trinajstić information content (AvgIpc) is 2.92. The van der Waals surface area contributed by atoms with Crippen molar-refractivity contribution in [2.45, 2.75) is 71.1 Å². The molecule has 0 fully saturated rings. The largest absolute Gasteiger partial charge is 0.497 e. The minimum Gasteiger partial charge on any atom is -0.497 e. The van der Waals surface area contributed by atoms with Gasteiger partial charge in [-0.3, -0.25) is 0 Å². The van der Waals surface area contributed by atoms with E-state index >= 15 is 0 Å². The summed E-state index contributed by atoms with van der Waals surface area (Å²) < 4.78 is 21.7. The number of esters is 1. The number of fused-ring (bicyclic) bond motifs is 1. The minimum atomic E-state index is -0.414. The van der Waals surface area contributed by atoms with Crippen LogP contribution in [-0.2, 0) is 9.53 Å². The van der Waals surface area contributed by atoms with E-state index in [1.807, 2.05) is 36.4 Å². The lowest BCUT2D eigenvalue weighted by atomic mass is 10.1. The molecule has 0 aliphatic rings. The fraction of sp³-hybridized carbons (Fsp3) is 0.452. The fourth-order valence-electron chi connectivity index (χ4n) is 4.16. The predicted octanol–water partition coefficient (Wildman–Crippen LogP) is 7.26. The molecular weight excluding hydrogens is 482 g/mol. The molecule has 7 nitrogen and oxygen atoms in total. The molecule has 0 spiro atoms. The Morgan fingerprint density at radius 2 is 1.58 bits per heavy atom. The molecule has 204 valence electrons. The molecule has 0 aliphatic carbocycles. The summed E-state index contributed by atoms with van der Waals surface area (Å²) in [5.74, 6) is 0.909. The third kappa shape index (κ3) is 9.36. The van der Waals surface area contributed by atoms with Crippen LogP contribution in [0.15, 0.2) is 64.0 Å². The van der Waals surface area contributed by atoms with Gasteiger partial charge in [-0.25, -0.2) is 14.6 Å². The monoisotopic (exact) mass is 521 g/mol. The maximum absolute atomic E-state index is 12.5. The summed E-state index contributed by atoms with van der Waals surface area (Å²) in [6.45, 7) is 6.34. The van der Waals surface area contributed by atoms with Crippen molar-refractivity contribution in [1.29, 1.82) is 0 Å². The number of methoxy groups -OCH3 is 1. The Kier molecular flexibility index (Phi) is 11.9. The molecule has 0 amide bonds. The fourth-order valence-corrected chi connectivity index (χ4v) is 4.16. The van der Waals surface area contributed by atoms with Crippen LogP contribution >= 0.6 is 0 Å². The summed E-state index contributed by atoms with van der Waals surface area (Å²) >= 11 is 0. The Hall–Kier alpha value is -3.61. The summed E-state index contributed by atoms with van der Waals surface area (Å²) in [6, 6.07) is 11.0. The van der Waals surface area contributed by atoms with Gasteiger partial charge in [-0.15, -0.1) is 0 Å². The van der Waals surface area contributed by atoms with Crippen molar-refractivity contribution in [3.63, 3.8) is 0 Å². The molecule has 0 aliphatic heterocycles. The molecular formula is C31H39NO6. The zero-order valence-corrected chi connectivity index (χ0v) is 22.6. The molecule has 3 aromatic rings. The highest BCUT2D eigenvalue weighted by atomic mass is 16.5. The van der Waals surface area contributed by atoms with Crippen LogP contribution in [0.1, 0.15) is 71.1 Å². The molecule has 0 bridgehead atoms. The maximum Gasteiger partial charge on any atom is 0.344 e. The van der Waals surface area contributed by atoms with E-state index in [4.69, 9.17) is 18.6 Å². The second-order valence-corrected chi connectivity index (χ2v) is 9.54. The Morgan fingerprint density at radius 3 is 2.24 bits per heavy atom. The molecule has 0 unspecified atom stereocenters. The number of unbranched alkanes of at least 4 members (excludes halogenated alkanes) is 9. The molecule has 1 aromatic carbocycles. The van der Waals surface area contributed by atoms with Crippen molar-refractivity contribution < 1.29 is 23.4 Å². The van der Waals surface area contributed by atoms with Crippen molar-refractivity contribution in [2.75, 3.05) is 20.3 Å². The van der Waals surface area contributed by atoms with Gasteiger partial charge >= 0.3 is 11.6 Å². The summed E-state index contributed by atoms with van der Waals surface area (Å²) in [5.41, 5.74) is 1.68. The number of carbonyl (C=O) groups is 1. The number of rotatable bonds is 17. The molecule has 38 heavy (non-hydrogen) atoms. The molecule has 0 atom stereocenters. The zero-order valence-electron chi connectivity index (χ0n) is 22.6. The van der Waals surface area contributed by atoms with Crippen LogP contribution in [-0.4, -0.2) is 31.3 Å². The first-order valence-corrected chi connectivity index (χ1v) is 13.5. The van der Waals surface area contributed by atoms with Gasteiger partial charge in [0.05, 0.1) is 32.1 Å². The summed E-state index contributed by atoms with van der Waals surface area (Å²) in [7, 11) is 1.59. The van der Waals surface area contributed by atoms with Gasteiger partial charge in [0.2, 0.25) is 5.88 Å². The van der Waals surface area contributed by atoms with Crippen LogP contribution in [0.3, 0.4) is 0 Å². The van der Waals surface area contributed by atoms with Gasteiger partial charge in [-0.2, -0.15) is 0 Å². The van der Waals surface area contributed by atoms with Crippen LogP contribution in [0.2, 0.25) is 0 Å². The third-order valence-corrected chi connectivity index (χ3v) is 6.35. The lowest BCUT2D eigenvalue weighted by Gasteiger charge is -2.08. The lowest BCUT2D eigenvalue weighted by Crippen LogP contribution is -2.05. The van der Waals surface area contributed by atoms with Crippen LogP contribution in [0.5, 0.6) is 11.6 Å². The first-order valence-electron chi connectivity index (χ1n) is 13.5. The average molecular weight is 522 g/mol. The van der Waals surface area contributed by atoms with Crippen LogP contribution in [0.4, 0.5) is 0 Å². The van der Waals surface area contributed by atoms with Crippen LogP contribution in [0.25, 0.3) is 22.1 Å². The van der Waals surface area contributed by atoms with E-state index in [0.717, 1.165) is 36.6 Å². The van der Waals surface area contributed by atoms with Gasteiger partial charge in [0.25, 0.3) is 0 Å². The lowest BCUT2D eigenvalue weighted by molar-refractivity contribution is -0.139. The molecule has 2 heterocycles. The number of carbonyl (C=O) groups excluding carboxylic acids is 1. The normalized spacial score (nSPS) is 10.9. The van der Waals surface area contributed by atoms with Crippen molar-refractivity contribution in [1.82, 2.24) is 4.98 Å². The predicted molar refractivity (Wildman–Crippen MR) is 150 cm³/mol. The molecule has 2 aromatic heterocycles. The highest BCUT2D eigenvalue weighted by Crippen LogP contribution is 2.25.